The maximum absolute atomic E-state index is 13.2. The molecule has 0 atom stereocenters. The van der Waals surface area contributed by atoms with Crippen LogP contribution in [0, 0.1) is 17.6 Å². The first-order valence-electron chi connectivity index (χ1n) is 11.0. The number of amides is 2. The average Bonchev–Trinajstić information content (AvgIpc) is 3.55. The van der Waals surface area contributed by atoms with E-state index >= 15 is 0 Å². The molecule has 2 aromatic rings. The third kappa shape index (κ3) is 4.31. The van der Waals surface area contributed by atoms with Crippen LogP contribution in [0.4, 0.5) is 8.78 Å². The van der Waals surface area contributed by atoms with E-state index in [-0.39, 0.29) is 35.2 Å². The van der Waals surface area contributed by atoms with Gasteiger partial charge in [-0.05, 0) is 61.8 Å². The SMILES string of the molecule is O=C(COc1ccc(F)c(F)c1)NC12CC(NC(=O)c3ccc(CCC4CC4)cn3)(C1)C2. The molecule has 4 aliphatic carbocycles. The minimum atomic E-state index is -1.03. The lowest BCUT2D eigenvalue weighted by atomic mass is 9.44. The highest BCUT2D eigenvalue weighted by atomic mass is 19.2. The van der Waals surface area contributed by atoms with Crippen molar-refractivity contribution in [2.75, 3.05) is 6.61 Å². The van der Waals surface area contributed by atoms with E-state index in [2.05, 4.69) is 15.6 Å². The van der Waals surface area contributed by atoms with Gasteiger partial charge in [-0.3, -0.25) is 14.6 Å². The van der Waals surface area contributed by atoms with E-state index in [0.717, 1.165) is 30.0 Å². The normalized spacial score (nSPS) is 25.3. The number of pyridine rings is 1. The average molecular weight is 441 g/mol. The molecule has 4 fully saturated rings. The van der Waals surface area contributed by atoms with Crippen LogP contribution in [0.3, 0.4) is 0 Å². The van der Waals surface area contributed by atoms with Crippen LogP contribution in [-0.2, 0) is 11.2 Å². The summed E-state index contributed by atoms with van der Waals surface area (Å²) in [5, 5.41) is 5.99. The molecule has 2 amide bonds. The summed E-state index contributed by atoms with van der Waals surface area (Å²) < 4.78 is 31.4. The fraction of sp³-hybridized carbons (Fsp3) is 0.458. The van der Waals surface area contributed by atoms with Crippen molar-refractivity contribution in [2.24, 2.45) is 5.92 Å². The van der Waals surface area contributed by atoms with Crippen LogP contribution in [-0.4, -0.2) is 34.5 Å². The first-order chi connectivity index (χ1) is 15.3. The molecule has 1 aromatic carbocycles. The predicted molar refractivity (Wildman–Crippen MR) is 112 cm³/mol. The molecule has 0 spiro atoms. The van der Waals surface area contributed by atoms with E-state index in [1.165, 1.54) is 25.3 Å². The molecule has 2 N–H and O–H groups in total. The van der Waals surface area contributed by atoms with Gasteiger partial charge in [0.25, 0.3) is 11.8 Å². The van der Waals surface area contributed by atoms with E-state index in [4.69, 9.17) is 4.74 Å². The number of benzene rings is 1. The predicted octanol–water partition coefficient (Wildman–Crippen LogP) is 3.30. The first-order valence-corrected chi connectivity index (χ1v) is 11.0. The minimum Gasteiger partial charge on any atom is -0.484 e. The summed E-state index contributed by atoms with van der Waals surface area (Å²) in [6, 6.07) is 6.87. The number of carbonyl (C=O) groups is 2. The van der Waals surface area contributed by atoms with Gasteiger partial charge in [-0.2, -0.15) is 0 Å². The molecule has 0 saturated heterocycles. The number of ether oxygens (including phenoxy) is 1. The van der Waals surface area contributed by atoms with Crippen LogP contribution in [0.5, 0.6) is 5.75 Å². The molecule has 1 aromatic heterocycles. The van der Waals surface area contributed by atoms with Gasteiger partial charge in [0.15, 0.2) is 18.2 Å². The Bertz CT molecular complexity index is 1030. The molecule has 0 radical (unpaired) electrons. The van der Waals surface area contributed by atoms with Gasteiger partial charge < -0.3 is 15.4 Å². The van der Waals surface area contributed by atoms with Crippen molar-refractivity contribution < 1.29 is 23.1 Å². The Morgan fingerprint density at radius 2 is 1.78 bits per heavy atom. The first kappa shape index (κ1) is 20.8. The van der Waals surface area contributed by atoms with Gasteiger partial charge in [-0.1, -0.05) is 18.9 Å². The molecule has 6 rings (SSSR count). The molecule has 32 heavy (non-hydrogen) atoms. The molecule has 2 bridgehead atoms. The lowest BCUT2D eigenvalue weighted by molar-refractivity contribution is -0.141. The van der Waals surface area contributed by atoms with Gasteiger partial charge in [0.2, 0.25) is 0 Å². The largest absolute Gasteiger partial charge is 0.484 e. The number of carbonyl (C=O) groups excluding carboxylic acids is 2. The second kappa shape index (κ2) is 7.83. The Hall–Kier alpha value is -3.03. The van der Waals surface area contributed by atoms with Crippen molar-refractivity contribution in [3.8, 4) is 5.75 Å². The van der Waals surface area contributed by atoms with Crippen molar-refractivity contribution in [1.82, 2.24) is 15.6 Å². The van der Waals surface area contributed by atoms with E-state index in [1.54, 1.807) is 12.3 Å². The molecule has 0 aliphatic heterocycles. The number of nitrogens with zero attached hydrogens (tertiary/aromatic N) is 1. The third-order valence-corrected chi connectivity index (χ3v) is 6.67. The van der Waals surface area contributed by atoms with Gasteiger partial charge in [0.05, 0.1) is 0 Å². The van der Waals surface area contributed by atoms with E-state index < -0.39 is 11.6 Å². The van der Waals surface area contributed by atoms with E-state index in [1.807, 2.05) is 6.07 Å². The zero-order valence-corrected chi connectivity index (χ0v) is 17.6. The Kier molecular flexibility index (Phi) is 5.10. The Balaban J connectivity index is 1.05. The number of aryl methyl sites for hydroxylation is 1. The quantitative estimate of drug-likeness (QED) is 0.626. The maximum atomic E-state index is 13.2. The number of hydrogen-bond donors (Lipinski definition) is 2. The molecule has 1 heterocycles. The fourth-order valence-corrected chi connectivity index (χ4v) is 4.89. The van der Waals surface area contributed by atoms with Crippen LogP contribution in [0.25, 0.3) is 0 Å². The van der Waals surface area contributed by atoms with Crippen LogP contribution < -0.4 is 15.4 Å². The standard InChI is InChI=1S/C24H25F2N3O3/c25-18-7-6-17(9-19(18)26)32-11-21(30)28-23-12-24(13-23,14-23)29-22(31)20-8-5-16(10-27-20)4-3-15-1-2-15/h5-10,15H,1-4,11-14H2,(H,28,30)(H,29,31). The molecule has 0 unspecified atom stereocenters. The zero-order valence-electron chi connectivity index (χ0n) is 17.6. The summed E-state index contributed by atoms with van der Waals surface area (Å²) in [6.45, 7) is -0.288. The second-order valence-electron chi connectivity index (χ2n) is 9.49. The summed E-state index contributed by atoms with van der Waals surface area (Å²) in [5.74, 6) is -1.57. The highest BCUT2D eigenvalue weighted by Crippen LogP contribution is 2.60. The van der Waals surface area contributed by atoms with Crippen LogP contribution in [0.15, 0.2) is 36.5 Å². The number of rotatable bonds is 9. The van der Waals surface area contributed by atoms with Crippen LogP contribution in [0.2, 0.25) is 0 Å². The third-order valence-electron chi connectivity index (χ3n) is 6.67. The summed E-state index contributed by atoms with van der Waals surface area (Å²) in [6.07, 6.45) is 8.61. The van der Waals surface area contributed by atoms with Crippen molar-refractivity contribution in [2.45, 2.75) is 56.0 Å². The zero-order chi connectivity index (χ0) is 22.3. The monoisotopic (exact) mass is 441 g/mol. The number of nitrogens with one attached hydrogen (secondary N) is 2. The summed E-state index contributed by atoms with van der Waals surface area (Å²) in [4.78, 5) is 29.1. The summed E-state index contributed by atoms with van der Waals surface area (Å²) >= 11 is 0. The number of halogens is 2. The van der Waals surface area contributed by atoms with Gasteiger partial charge in [-0.25, -0.2) is 8.78 Å². The highest BCUT2D eigenvalue weighted by molar-refractivity contribution is 5.93. The van der Waals surface area contributed by atoms with E-state index in [0.29, 0.717) is 25.0 Å². The summed E-state index contributed by atoms with van der Waals surface area (Å²) in [7, 11) is 0. The van der Waals surface area contributed by atoms with Crippen molar-refractivity contribution in [1.29, 1.82) is 0 Å². The lowest BCUT2D eigenvalue weighted by Crippen LogP contribution is -2.84. The Labute approximate surface area is 184 Å². The van der Waals surface area contributed by atoms with Gasteiger partial charge >= 0.3 is 0 Å². The fourth-order valence-electron chi connectivity index (χ4n) is 4.89. The maximum Gasteiger partial charge on any atom is 0.270 e. The van der Waals surface area contributed by atoms with Crippen molar-refractivity contribution in [3.63, 3.8) is 0 Å². The molecule has 4 saturated carbocycles. The smallest absolute Gasteiger partial charge is 0.270 e. The number of aromatic nitrogens is 1. The molecular weight excluding hydrogens is 416 g/mol. The van der Waals surface area contributed by atoms with Crippen molar-refractivity contribution in [3.05, 3.63) is 59.4 Å². The lowest BCUT2D eigenvalue weighted by Gasteiger charge is -2.70. The molecular formula is C24H25F2N3O3. The van der Waals surface area contributed by atoms with Crippen LogP contribution in [0.1, 0.15) is 54.6 Å². The minimum absolute atomic E-state index is 0.0893. The molecule has 8 heteroatoms. The van der Waals surface area contributed by atoms with Gasteiger partial charge in [-0.15, -0.1) is 0 Å². The molecule has 6 nitrogen and oxygen atoms in total. The van der Waals surface area contributed by atoms with E-state index in [9.17, 15) is 18.4 Å². The Morgan fingerprint density at radius 1 is 1.03 bits per heavy atom. The summed E-state index contributed by atoms with van der Waals surface area (Å²) in [5.41, 5.74) is 0.939. The van der Waals surface area contributed by atoms with Gasteiger partial charge in [0, 0.05) is 23.3 Å². The molecule has 168 valence electrons. The topological polar surface area (TPSA) is 80.3 Å². The second-order valence-corrected chi connectivity index (χ2v) is 9.49. The van der Waals surface area contributed by atoms with Crippen molar-refractivity contribution >= 4 is 11.8 Å². The Morgan fingerprint density at radius 3 is 2.44 bits per heavy atom. The van der Waals surface area contributed by atoms with Gasteiger partial charge in [0.1, 0.15) is 11.4 Å². The number of hydrogen-bond acceptors (Lipinski definition) is 4. The highest BCUT2D eigenvalue weighted by Gasteiger charge is 2.69. The van der Waals surface area contributed by atoms with Crippen LogP contribution >= 0.6 is 0 Å². The molecule has 4 aliphatic rings.